The number of nitrogens with zero attached hydrogens (tertiary/aromatic N) is 2. The quantitative estimate of drug-likeness (QED) is 0.598. The van der Waals surface area contributed by atoms with E-state index in [2.05, 4.69) is 10.9 Å². The molecule has 0 radical (unpaired) electrons. The highest BCUT2D eigenvalue weighted by atomic mass is 32.2. The van der Waals surface area contributed by atoms with E-state index in [9.17, 15) is 22.4 Å². The average Bonchev–Trinajstić information content (AvgIpc) is 2.82. The summed E-state index contributed by atoms with van der Waals surface area (Å²) in [5, 5.41) is 8.75. The summed E-state index contributed by atoms with van der Waals surface area (Å²) in [7, 11) is -4.15. The second kappa shape index (κ2) is 10.2. The molecule has 1 heterocycles. The van der Waals surface area contributed by atoms with Gasteiger partial charge < -0.3 is 9.47 Å². The number of hydrogen-bond acceptors (Lipinski definition) is 7. The van der Waals surface area contributed by atoms with E-state index in [1.165, 1.54) is 24.3 Å². The molecule has 2 N–H and O–H groups in total. The Kier molecular flexibility index (Phi) is 7.37. The second-order valence-corrected chi connectivity index (χ2v) is 8.50. The van der Waals surface area contributed by atoms with Gasteiger partial charge in [0, 0.05) is 18.7 Å². The van der Waals surface area contributed by atoms with Crippen molar-refractivity contribution in [3.05, 3.63) is 59.4 Å². The van der Waals surface area contributed by atoms with Gasteiger partial charge in [0.1, 0.15) is 16.5 Å². The lowest BCUT2D eigenvalue weighted by Crippen LogP contribution is -2.44. The largest absolute Gasteiger partial charge is 0.484 e. The Morgan fingerprint density at radius 2 is 1.81 bits per heavy atom. The highest BCUT2D eigenvalue weighted by molar-refractivity contribution is 7.89. The summed E-state index contributed by atoms with van der Waals surface area (Å²) in [5.41, 5.74) is 4.52. The van der Waals surface area contributed by atoms with Crippen molar-refractivity contribution >= 4 is 21.8 Å². The lowest BCUT2D eigenvalue weighted by Gasteiger charge is -2.26. The van der Waals surface area contributed by atoms with E-state index in [-0.39, 0.29) is 31.9 Å². The molecule has 2 amide bonds. The number of carbonyl (C=O) groups excluding carboxylic acids is 2. The number of rotatable bonds is 6. The number of halogens is 1. The average molecular weight is 462 g/mol. The summed E-state index contributed by atoms with van der Waals surface area (Å²) in [4.78, 5) is 23.6. The highest BCUT2D eigenvalue weighted by Gasteiger charge is 2.29. The SMILES string of the molecule is N#Cc1ccc(OCC(=O)NNC(=O)c2ccc(F)c(S(=O)(=O)N3CCOCC3)c2)cc1. The Labute approximate surface area is 183 Å². The number of carbonyl (C=O) groups is 2. The predicted molar refractivity (Wildman–Crippen MR) is 108 cm³/mol. The molecule has 2 aromatic rings. The van der Waals surface area contributed by atoms with E-state index in [0.29, 0.717) is 11.3 Å². The van der Waals surface area contributed by atoms with Gasteiger partial charge in [-0.2, -0.15) is 9.57 Å². The number of benzene rings is 2. The Morgan fingerprint density at radius 1 is 1.12 bits per heavy atom. The van der Waals surface area contributed by atoms with Gasteiger partial charge in [-0.05, 0) is 42.5 Å². The molecule has 2 aromatic carbocycles. The molecule has 3 rings (SSSR count). The van der Waals surface area contributed by atoms with Crippen LogP contribution in [0, 0.1) is 17.1 Å². The van der Waals surface area contributed by atoms with Crippen LogP contribution in [0.5, 0.6) is 5.75 Å². The molecule has 0 aromatic heterocycles. The molecule has 10 nitrogen and oxygen atoms in total. The van der Waals surface area contributed by atoms with Crippen molar-refractivity contribution in [2.24, 2.45) is 0 Å². The van der Waals surface area contributed by atoms with Crippen LogP contribution in [0.25, 0.3) is 0 Å². The Bertz CT molecular complexity index is 1140. The number of hydrazine groups is 1. The van der Waals surface area contributed by atoms with Crippen LogP contribution >= 0.6 is 0 Å². The standard InChI is InChI=1S/C20H19FN4O6S/c21-17-6-3-15(11-18(17)32(28,29)25-7-9-30-10-8-25)20(27)24-23-19(26)13-31-16-4-1-14(12-22)2-5-16/h1-6,11H,7-10,13H2,(H,23,26)(H,24,27). The Hall–Kier alpha value is -3.53. The van der Waals surface area contributed by atoms with Gasteiger partial charge >= 0.3 is 0 Å². The van der Waals surface area contributed by atoms with E-state index >= 15 is 0 Å². The minimum Gasteiger partial charge on any atom is -0.484 e. The number of ether oxygens (including phenoxy) is 2. The molecule has 32 heavy (non-hydrogen) atoms. The van der Waals surface area contributed by atoms with Crippen molar-refractivity contribution in [1.29, 1.82) is 5.26 Å². The van der Waals surface area contributed by atoms with Crippen molar-refractivity contribution in [2.45, 2.75) is 4.90 Å². The number of nitriles is 1. The van der Waals surface area contributed by atoms with Crippen LogP contribution in [0.3, 0.4) is 0 Å². The van der Waals surface area contributed by atoms with Crippen molar-refractivity contribution in [3.8, 4) is 11.8 Å². The third kappa shape index (κ3) is 5.58. The molecule has 12 heteroatoms. The molecule has 0 bridgehead atoms. The molecule has 1 aliphatic rings. The fourth-order valence-corrected chi connectivity index (χ4v) is 4.28. The number of amides is 2. The fraction of sp³-hybridized carbons (Fsp3) is 0.250. The molecule has 168 valence electrons. The lowest BCUT2D eigenvalue weighted by molar-refractivity contribution is -0.123. The topological polar surface area (TPSA) is 138 Å². The number of sulfonamides is 1. The van der Waals surface area contributed by atoms with Crippen LogP contribution in [-0.2, 0) is 19.6 Å². The monoisotopic (exact) mass is 462 g/mol. The van der Waals surface area contributed by atoms with Gasteiger partial charge in [-0.25, -0.2) is 12.8 Å². The molecular weight excluding hydrogens is 443 g/mol. The van der Waals surface area contributed by atoms with Gasteiger partial charge in [0.15, 0.2) is 6.61 Å². The van der Waals surface area contributed by atoms with E-state index in [1.54, 1.807) is 0 Å². The van der Waals surface area contributed by atoms with Gasteiger partial charge in [0.2, 0.25) is 10.0 Å². The Morgan fingerprint density at radius 3 is 2.47 bits per heavy atom. The molecular formula is C20H19FN4O6S. The smallest absolute Gasteiger partial charge is 0.276 e. The van der Waals surface area contributed by atoms with E-state index in [0.717, 1.165) is 22.5 Å². The summed E-state index contributed by atoms with van der Waals surface area (Å²) < 4.78 is 51.1. The first-order valence-corrected chi connectivity index (χ1v) is 10.8. The minimum absolute atomic E-state index is 0.0769. The normalized spacial score (nSPS) is 14.2. The summed E-state index contributed by atoms with van der Waals surface area (Å²) in [6.07, 6.45) is 0. The zero-order valence-electron chi connectivity index (χ0n) is 16.7. The molecule has 0 aliphatic carbocycles. The Balaban J connectivity index is 1.59. The molecule has 0 unspecified atom stereocenters. The maximum absolute atomic E-state index is 14.2. The van der Waals surface area contributed by atoms with Crippen LogP contribution in [0.4, 0.5) is 4.39 Å². The van der Waals surface area contributed by atoms with Crippen LogP contribution in [0.15, 0.2) is 47.4 Å². The van der Waals surface area contributed by atoms with Crippen molar-refractivity contribution in [2.75, 3.05) is 32.9 Å². The summed E-state index contributed by atoms with van der Waals surface area (Å²) in [5.74, 6) is -2.17. The van der Waals surface area contributed by atoms with Crippen molar-refractivity contribution in [3.63, 3.8) is 0 Å². The molecule has 1 saturated heterocycles. The zero-order valence-corrected chi connectivity index (χ0v) is 17.5. The summed E-state index contributed by atoms with van der Waals surface area (Å²) >= 11 is 0. The van der Waals surface area contributed by atoms with Gasteiger partial charge in [0.05, 0.1) is 24.8 Å². The minimum atomic E-state index is -4.15. The highest BCUT2D eigenvalue weighted by Crippen LogP contribution is 2.21. The fourth-order valence-electron chi connectivity index (χ4n) is 2.78. The number of hydrogen-bond donors (Lipinski definition) is 2. The second-order valence-electron chi connectivity index (χ2n) is 6.59. The van der Waals surface area contributed by atoms with Crippen LogP contribution < -0.4 is 15.6 Å². The molecule has 0 spiro atoms. The third-order valence-electron chi connectivity index (χ3n) is 4.45. The van der Waals surface area contributed by atoms with Crippen LogP contribution in [-0.4, -0.2) is 57.4 Å². The van der Waals surface area contributed by atoms with Crippen molar-refractivity contribution in [1.82, 2.24) is 15.2 Å². The molecule has 0 saturated carbocycles. The van der Waals surface area contributed by atoms with Crippen LogP contribution in [0.1, 0.15) is 15.9 Å². The summed E-state index contributed by atoms with van der Waals surface area (Å²) in [6, 6.07) is 10.9. The summed E-state index contributed by atoms with van der Waals surface area (Å²) in [6.45, 7) is 0.114. The molecule has 0 atom stereocenters. The number of morpholine rings is 1. The molecule has 1 fully saturated rings. The first kappa shape index (κ1) is 23.1. The lowest BCUT2D eigenvalue weighted by atomic mass is 10.2. The van der Waals surface area contributed by atoms with Gasteiger partial charge in [-0.15, -0.1) is 0 Å². The first-order chi connectivity index (χ1) is 15.3. The first-order valence-electron chi connectivity index (χ1n) is 9.41. The number of nitrogens with one attached hydrogen (secondary N) is 2. The van der Waals surface area contributed by atoms with E-state index in [1.807, 2.05) is 6.07 Å². The van der Waals surface area contributed by atoms with E-state index in [4.69, 9.17) is 14.7 Å². The maximum atomic E-state index is 14.2. The van der Waals surface area contributed by atoms with Crippen LogP contribution in [0.2, 0.25) is 0 Å². The van der Waals surface area contributed by atoms with Gasteiger partial charge in [-0.3, -0.25) is 20.4 Å². The maximum Gasteiger partial charge on any atom is 0.276 e. The van der Waals surface area contributed by atoms with Crippen molar-refractivity contribution < 1.29 is 31.9 Å². The molecule has 1 aliphatic heterocycles. The van der Waals surface area contributed by atoms with Gasteiger partial charge in [-0.1, -0.05) is 0 Å². The zero-order chi connectivity index (χ0) is 23.1. The third-order valence-corrected chi connectivity index (χ3v) is 6.36. The van der Waals surface area contributed by atoms with E-state index < -0.39 is 39.2 Å². The predicted octanol–water partition coefficient (Wildman–Crippen LogP) is 0.558. The van der Waals surface area contributed by atoms with Gasteiger partial charge in [0.25, 0.3) is 11.8 Å².